The number of pyridine rings is 2. The van der Waals surface area contributed by atoms with Crippen LogP contribution in [0.25, 0.3) is 0 Å². The number of nitrogens with zero attached hydrogens (tertiary/aromatic N) is 2. The first-order chi connectivity index (χ1) is 9.20. The first-order valence-electron chi connectivity index (χ1n) is 5.80. The standard InChI is InChI=1S/C13H14N4O2/c1-2-19-12-4-3-9(7-16-12)17-13(18)10-5-6-15-8-11(10)14/h3-8H,2,14H2,1H3,(H,17,18). The molecule has 6 heteroatoms. The molecule has 0 aliphatic rings. The molecule has 2 heterocycles. The fourth-order valence-electron chi connectivity index (χ4n) is 1.50. The van der Waals surface area contributed by atoms with Crippen molar-refractivity contribution in [1.82, 2.24) is 9.97 Å². The van der Waals surface area contributed by atoms with Gasteiger partial charge in [-0.3, -0.25) is 9.78 Å². The summed E-state index contributed by atoms with van der Waals surface area (Å²) in [4.78, 5) is 19.9. The van der Waals surface area contributed by atoms with Crippen LogP contribution >= 0.6 is 0 Å². The van der Waals surface area contributed by atoms with Crippen LogP contribution < -0.4 is 15.8 Å². The van der Waals surface area contributed by atoms with Crippen LogP contribution in [0.4, 0.5) is 11.4 Å². The summed E-state index contributed by atoms with van der Waals surface area (Å²) in [7, 11) is 0. The van der Waals surface area contributed by atoms with Crippen LogP contribution in [0.2, 0.25) is 0 Å². The van der Waals surface area contributed by atoms with Crippen LogP contribution in [0.3, 0.4) is 0 Å². The Morgan fingerprint density at radius 2 is 2.21 bits per heavy atom. The number of hydrogen-bond acceptors (Lipinski definition) is 5. The maximum atomic E-state index is 12.0. The van der Waals surface area contributed by atoms with Gasteiger partial charge in [-0.1, -0.05) is 0 Å². The summed E-state index contributed by atoms with van der Waals surface area (Å²) in [5, 5.41) is 2.70. The second-order valence-corrected chi connectivity index (χ2v) is 3.74. The van der Waals surface area contributed by atoms with Gasteiger partial charge in [-0.25, -0.2) is 4.98 Å². The van der Waals surface area contributed by atoms with Crippen molar-refractivity contribution < 1.29 is 9.53 Å². The third kappa shape index (κ3) is 3.19. The third-order valence-corrected chi connectivity index (χ3v) is 2.38. The second-order valence-electron chi connectivity index (χ2n) is 3.74. The van der Waals surface area contributed by atoms with Gasteiger partial charge < -0.3 is 15.8 Å². The smallest absolute Gasteiger partial charge is 0.257 e. The van der Waals surface area contributed by atoms with Gasteiger partial charge in [0.2, 0.25) is 5.88 Å². The Kier molecular flexibility index (Phi) is 3.92. The van der Waals surface area contributed by atoms with Crippen molar-refractivity contribution >= 4 is 17.3 Å². The molecular formula is C13H14N4O2. The molecule has 1 amide bonds. The number of anilines is 2. The summed E-state index contributed by atoms with van der Waals surface area (Å²) >= 11 is 0. The van der Waals surface area contributed by atoms with Gasteiger partial charge in [-0.15, -0.1) is 0 Å². The Bertz CT molecular complexity index is 569. The van der Waals surface area contributed by atoms with Gasteiger partial charge in [0.15, 0.2) is 0 Å². The lowest BCUT2D eigenvalue weighted by Crippen LogP contribution is -2.14. The number of carbonyl (C=O) groups is 1. The summed E-state index contributed by atoms with van der Waals surface area (Å²) < 4.78 is 5.22. The van der Waals surface area contributed by atoms with Crippen LogP contribution in [0.5, 0.6) is 5.88 Å². The van der Waals surface area contributed by atoms with E-state index in [-0.39, 0.29) is 5.91 Å². The molecule has 0 saturated heterocycles. The fraction of sp³-hybridized carbons (Fsp3) is 0.154. The van der Waals surface area contributed by atoms with Crippen LogP contribution in [0.1, 0.15) is 17.3 Å². The lowest BCUT2D eigenvalue weighted by atomic mass is 10.2. The molecule has 0 aromatic carbocycles. The maximum absolute atomic E-state index is 12.0. The van der Waals surface area contributed by atoms with Crippen molar-refractivity contribution in [3.8, 4) is 5.88 Å². The number of hydrogen-bond donors (Lipinski definition) is 2. The molecule has 2 aromatic heterocycles. The van der Waals surface area contributed by atoms with E-state index in [0.29, 0.717) is 29.4 Å². The highest BCUT2D eigenvalue weighted by atomic mass is 16.5. The largest absolute Gasteiger partial charge is 0.478 e. The quantitative estimate of drug-likeness (QED) is 0.871. The lowest BCUT2D eigenvalue weighted by molar-refractivity contribution is 0.102. The molecule has 0 radical (unpaired) electrons. The zero-order valence-electron chi connectivity index (χ0n) is 10.5. The first-order valence-corrected chi connectivity index (χ1v) is 5.80. The van der Waals surface area contributed by atoms with Crippen molar-refractivity contribution in [2.45, 2.75) is 6.92 Å². The molecule has 6 nitrogen and oxygen atoms in total. The molecule has 0 bridgehead atoms. The summed E-state index contributed by atoms with van der Waals surface area (Å²) in [6, 6.07) is 4.97. The molecule has 98 valence electrons. The summed E-state index contributed by atoms with van der Waals surface area (Å²) in [5.74, 6) is 0.217. The van der Waals surface area contributed by atoms with E-state index in [0.717, 1.165) is 0 Å². The number of nitrogens with two attached hydrogens (primary N) is 1. The number of nitrogens with one attached hydrogen (secondary N) is 1. The fourth-order valence-corrected chi connectivity index (χ4v) is 1.50. The van der Waals surface area contributed by atoms with Gasteiger partial charge >= 0.3 is 0 Å². The normalized spacial score (nSPS) is 9.95. The SMILES string of the molecule is CCOc1ccc(NC(=O)c2ccncc2N)cn1. The first kappa shape index (κ1) is 12.8. The highest BCUT2D eigenvalue weighted by Gasteiger charge is 2.09. The monoisotopic (exact) mass is 258 g/mol. The number of carbonyl (C=O) groups excluding carboxylic acids is 1. The number of ether oxygens (including phenoxy) is 1. The van der Waals surface area contributed by atoms with E-state index in [4.69, 9.17) is 10.5 Å². The highest BCUT2D eigenvalue weighted by molar-refractivity contribution is 6.07. The van der Waals surface area contributed by atoms with Gasteiger partial charge in [-0.2, -0.15) is 0 Å². The van der Waals surface area contributed by atoms with E-state index in [1.807, 2.05) is 6.92 Å². The molecule has 0 aliphatic heterocycles. The number of amides is 1. The van der Waals surface area contributed by atoms with Crippen molar-refractivity contribution in [1.29, 1.82) is 0 Å². The molecule has 0 saturated carbocycles. The van der Waals surface area contributed by atoms with Gasteiger partial charge in [0, 0.05) is 12.3 Å². The summed E-state index contributed by atoms with van der Waals surface area (Å²) in [6.45, 7) is 2.43. The van der Waals surface area contributed by atoms with Crippen molar-refractivity contribution in [2.75, 3.05) is 17.7 Å². The van der Waals surface area contributed by atoms with E-state index in [2.05, 4.69) is 15.3 Å². The van der Waals surface area contributed by atoms with E-state index >= 15 is 0 Å². The van der Waals surface area contributed by atoms with Crippen molar-refractivity contribution in [3.05, 3.63) is 42.4 Å². The van der Waals surface area contributed by atoms with E-state index in [9.17, 15) is 4.79 Å². The van der Waals surface area contributed by atoms with E-state index in [1.165, 1.54) is 18.6 Å². The van der Waals surface area contributed by atoms with Gasteiger partial charge in [0.1, 0.15) is 0 Å². The Morgan fingerprint density at radius 1 is 1.37 bits per heavy atom. The van der Waals surface area contributed by atoms with Crippen LogP contribution in [0.15, 0.2) is 36.8 Å². The summed E-state index contributed by atoms with van der Waals surface area (Å²) in [6.07, 6.45) is 4.48. The second kappa shape index (κ2) is 5.81. The van der Waals surface area contributed by atoms with Crippen molar-refractivity contribution in [2.24, 2.45) is 0 Å². The average Bonchev–Trinajstić information content (AvgIpc) is 2.42. The molecule has 0 aliphatic carbocycles. The predicted molar refractivity (Wildman–Crippen MR) is 72.0 cm³/mol. The molecule has 0 unspecified atom stereocenters. The highest BCUT2D eigenvalue weighted by Crippen LogP contribution is 2.15. The minimum absolute atomic E-state index is 0.300. The Morgan fingerprint density at radius 3 is 2.84 bits per heavy atom. The van der Waals surface area contributed by atoms with Gasteiger partial charge in [0.25, 0.3) is 5.91 Å². The number of nitrogen functional groups attached to an aromatic ring is 1. The predicted octanol–water partition coefficient (Wildman–Crippen LogP) is 1.71. The van der Waals surface area contributed by atoms with Crippen LogP contribution in [0, 0.1) is 0 Å². The minimum atomic E-state index is -0.300. The Balaban J connectivity index is 2.09. The van der Waals surface area contributed by atoms with Crippen molar-refractivity contribution in [3.63, 3.8) is 0 Å². The maximum Gasteiger partial charge on any atom is 0.257 e. The molecule has 0 spiro atoms. The zero-order chi connectivity index (χ0) is 13.7. The lowest BCUT2D eigenvalue weighted by Gasteiger charge is -2.07. The molecule has 0 atom stereocenters. The van der Waals surface area contributed by atoms with E-state index < -0.39 is 0 Å². The van der Waals surface area contributed by atoms with E-state index in [1.54, 1.807) is 18.2 Å². The molecule has 19 heavy (non-hydrogen) atoms. The molecule has 2 aromatic rings. The number of aromatic nitrogens is 2. The molecular weight excluding hydrogens is 244 g/mol. The van der Waals surface area contributed by atoms with Crippen LogP contribution in [-0.2, 0) is 0 Å². The third-order valence-electron chi connectivity index (χ3n) is 2.38. The van der Waals surface area contributed by atoms with Gasteiger partial charge in [0.05, 0.1) is 35.9 Å². The molecule has 3 N–H and O–H groups in total. The summed E-state index contributed by atoms with van der Waals surface area (Å²) in [5.41, 5.74) is 6.96. The zero-order valence-corrected chi connectivity index (χ0v) is 10.5. The van der Waals surface area contributed by atoms with Crippen LogP contribution in [-0.4, -0.2) is 22.5 Å². The minimum Gasteiger partial charge on any atom is -0.478 e. The molecule has 2 rings (SSSR count). The van der Waals surface area contributed by atoms with Gasteiger partial charge in [-0.05, 0) is 19.1 Å². The Labute approximate surface area is 110 Å². The Hall–Kier alpha value is -2.63. The molecule has 0 fully saturated rings. The average molecular weight is 258 g/mol. The number of rotatable bonds is 4. The topological polar surface area (TPSA) is 90.1 Å².